The minimum atomic E-state index is -0.330. The summed E-state index contributed by atoms with van der Waals surface area (Å²) in [6.45, 7) is 0.294. The van der Waals surface area contributed by atoms with Crippen molar-refractivity contribution < 1.29 is 19.1 Å². The second kappa shape index (κ2) is 10.1. The summed E-state index contributed by atoms with van der Waals surface area (Å²) >= 11 is 0. The first-order valence-corrected chi connectivity index (χ1v) is 8.61. The molecular weight excluding hydrogens is 346 g/mol. The van der Waals surface area contributed by atoms with Crippen molar-refractivity contribution in [3.8, 4) is 11.5 Å². The minimum Gasteiger partial charge on any atom is -0.493 e. The summed E-state index contributed by atoms with van der Waals surface area (Å²) in [5, 5.41) is 8.19. The molecule has 0 fully saturated rings. The molecule has 0 saturated carbocycles. The lowest BCUT2D eigenvalue weighted by molar-refractivity contribution is -0.120. The number of amides is 3. The van der Waals surface area contributed by atoms with Gasteiger partial charge in [0.1, 0.15) is 0 Å². The smallest absolute Gasteiger partial charge is 0.319 e. The van der Waals surface area contributed by atoms with E-state index in [-0.39, 0.29) is 11.9 Å². The third-order valence-corrected chi connectivity index (χ3v) is 4.03. The molecule has 27 heavy (non-hydrogen) atoms. The number of methoxy groups -OCH3 is 2. The van der Waals surface area contributed by atoms with Gasteiger partial charge < -0.3 is 25.4 Å². The molecule has 0 saturated heterocycles. The molecule has 3 amide bonds. The Morgan fingerprint density at radius 1 is 1.04 bits per heavy atom. The number of para-hydroxylation sites is 1. The maximum atomic E-state index is 12.2. The van der Waals surface area contributed by atoms with Crippen molar-refractivity contribution in [3.05, 3.63) is 53.6 Å². The predicted octanol–water partition coefficient (Wildman–Crippen LogP) is 2.70. The van der Waals surface area contributed by atoms with Gasteiger partial charge in [0.05, 0.1) is 14.2 Å². The molecule has 2 aromatic carbocycles. The summed E-state index contributed by atoms with van der Waals surface area (Å²) in [5.41, 5.74) is 2.46. The van der Waals surface area contributed by atoms with E-state index in [9.17, 15) is 9.59 Å². The van der Waals surface area contributed by atoms with Gasteiger partial charge in [0.25, 0.3) is 0 Å². The molecule has 0 spiro atoms. The van der Waals surface area contributed by atoms with Crippen LogP contribution >= 0.6 is 0 Å². The maximum absolute atomic E-state index is 12.2. The molecule has 0 bridgehead atoms. The van der Waals surface area contributed by atoms with Gasteiger partial charge in [0.2, 0.25) is 5.91 Å². The lowest BCUT2D eigenvalue weighted by Crippen LogP contribution is -2.28. The zero-order valence-corrected chi connectivity index (χ0v) is 15.8. The van der Waals surface area contributed by atoms with Crippen molar-refractivity contribution in [2.45, 2.75) is 19.4 Å². The molecule has 2 aromatic rings. The highest BCUT2D eigenvalue weighted by Gasteiger charge is 2.10. The summed E-state index contributed by atoms with van der Waals surface area (Å²) in [5.74, 6) is 1.19. The van der Waals surface area contributed by atoms with Gasteiger partial charge in [0, 0.05) is 31.3 Å². The van der Waals surface area contributed by atoms with Gasteiger partial charge in [-0.05, 0) is 30.2 Å². The van der Waals surface area contributed by atoms with Crippen molar-refractivity contribution >= 4 is 17.6 Å². The molecule has 0 atom stereocenters. The van der Waals surface area contributed by atoms with Crippen LogP contribution in [0.2, 0.25) is 0 Å². The number of carbonyl (C=O) groups excluding carboxylic acids is 2. The van der Waals surface area contributed by atoms with E-state index in [1.54, 1.807) is 33.4 Å². The Hall–Kier alpha value is -3.22. The average Bonchev–Trinajstić information content (AvgIpc) is 2.70. The van der Waals surface area contributed by atoms with Crippen molar-refractivity contribution in [3.63, 3.8) is 0 Å². The van der Waals surface area contributed by atoms with Crippen LogP contribution in [0.1, 0.15) is 17.5 Å². The summed E-state index contributed by atoms with van der Waals surface area (Å²) in [7, 11) is 4.74. The second-order valence-corrected chi connectivity index (χ2v) is 5.83. The van der Waals surface area contributed by atoms with E-state index < -0.39 is 0 Å². The lowest BCUT2D eigenvalue weighted by atomic mass is 10.1. The first-order chi connectivity index (χ1) is 13.1. The van der Waals surface area contributed by atoms with E-state index in [0.717, 1.165) is 11.1 Å². The molecule has 0 aliphatic carbocycles. The number of carbonyl (C=O) groups is 2. The Bertz CT molecular complexity index is 793. The Kier molecular flexibility index (Phi) is 7.49. The number of hydrogen-bond acceptors (Lipinski definition) is 4. The quantitative estimate of drug-likeness (QED) is 0.666. The van der Waals surface area contributed by atoms with Crippen LogP contribution in [-0.2, 0) is 17.8 Å². The van der Waals surface area contributed by atoms with Crippen LogP contribution in [0.15, 0.2) is 42.5 Å². The van der Waals surface area contributed by atoms with Crippen molar-refractivity contribution in [2.24, 2.45) is 0 Å². The molecular formula is C20H25N3O4. The summed E-state index contributed by atoms with van der Waals surface area (Å²) in [4.78, 5) is 23.6. The predicted molar refractivity (Wildman–Crippen MR) is 104 cm³/mol. The zero-order chi connectivity index (χ0) is 19.6. The SMILES string of the molecule is CNC(=O)CCc1cccc(NC(=O)NCc2cccc(OC)c2OC)c1. The average molecular weight is 371 g/mol. The summed E-state index contributed by atoms with van der Waals surface area (Å²) < 4.78 is 10.6. The van der Waals surface area contributed by atoms with Crippen molar-refractivity contribution in [1.29, 1.82) is 0 Å². The first-order valence-electron chi connectivity index (χ1n) is 8.61. The molecule has 0 heterocycles. The Balaban J connectivity index is 1.94. The van der Waals surface area contributed by atoms with E-state index in [1.165, 1.54) is 0 Å². The topological polar surface area (TPSA) is 88.7 Å². The lowest BCUT2D eigenvalue weighted by Gasteiger charge is -2.13. The monoisotopic (exact) mass is 371 g/mol. The van der Waals surface area contributed by atoms with Crippen molar-refractivity contribution in [1.82, 2.24) is 10.6 Å². The van der Waals surface area contributed by atoms with E-state index in [1.807, 2.05) is 30.3 Å². The third kappa shape index (κ3) is 5.91. The van der Waals surface area contributed by atoms with Crippen LogP contribution in [0.4, 0.5) is 10.5 Å². The normalized spacial score (nSPS) is 10.0. The molecule has 7 nitrogen and oxygen atoms in total. The summed E-state index contributed by atoms with van der Waals surface area (Å²) in [6, 6.07) is 12.6. The molecule has 0 radical (unpaired) electrons. The fourth-order valence-electron chi connectivity index (χ4n) is 2.63. The fraction of sp³-hybridized carbons (Fsp3) is 0.300. The van der Waals surface area contributed by atoms with E-state index in [0.29, 0.717) is 36.6 Å². The number of benzene rings is 2. The third-order valence-electron chi connectivity index (χ3n) is 4.03. The van der Waals surface area contributed by atoms with E-state index in [4.69, 9.17) is 9.47 Å². The first kappa shape index (κ1) is 20.1. The highest BCUT2D eigenvalue weighted by atomic mass is 16.5. The fourth-order valence-corrected chi connectivity index (χ4v) is 2.63. The minimum absolute atomic E-state index is 0.0154. The van der Waals surface area contributed by atoms with Crippen LogP contribution < -0.4 is 25.4 Å². The van der Waals surface area contributed by atoms with Gasteiger partial charge in [-0.15, -0.1) is 0 Å². The van der Waals surface area contributed by atoms with Crippen LogP contribution in [0.25, 0.3) is 0 Å². The Morgan fingerprint density at radius 2 is 1.81 bits per heavy atom. The maximum Gasteiger partial charge on any atom is 0.319 e. The number of ether oxygens (including phenoxy) is 2. The number of aryl methyl sites for hydroxylation is 1. The standard InChI is InChI=1S/C20H25N3O4/c1-21-18(24)11-10-14-6-4-8-16(12-14)23-20(25)22-13-15-7-5-9-17(26-2)19(15)27-3/h4-9,12H,10-11,13H2,1-3H3,(H,21,24)(H2,22,23,25). The molecule has 0 aromatic heterocycles. The van der Waals surface area contributed by atoms with Crippen LogP contribution in [0, 0.1) is 0 Å². The number of rotatable bonds is 8. The van der Waals surface area contributed by atoms with Gasteiger partial charge in [-0.2, -0.15) is 0 Å². The van der Waals surface area contributed by atoms with Gasteiger partial charge in [0.15, 0.2) is 11.5 Å². The van der Waals surface area contributed by atoms with E-state index in [2.05, 4.69) is 16.0 Å². The Morgan fingerprint density at radius 3 is 2.52 bits per heavy atom. The van der Waals surface area contributed by atoms with Gasteiger partial charge >= 0.3 is 6.03 Å². The number of urea groups is 1. The molecule has 3 N–H and O–H groups in total. The number of nitrogens with one attached hydrogen (secondary N) is 3. The molecule has 0 unspecified atom stereocenters. The molecule has 0 aliphatic heterocycles. The molecule has 144 valence electrons. The number of anilines is 1. The largest absolute Gasteiger partial charge is 0.493 e. The van der Waals surface area contributed by atoms with Crippen molar-refractivity contribution in [2.75, 3.05) is 26.6 Å². The van der Waals surface area contributed by atoms with Gasteiger partial charge in [-0.3, -0.25) is 4.79 Å². The second-order valence-electron chi connectivity index (χ2n) is 5.83. The highest BCUT2D eigenvalue weighted by molar-refractivity contribution is 5.89. The van der Waals surface area contributed by atoms with Crippen LogP contribution in [0.3, 0.4) is 0 Å². The van der Waals surface area contributed by atoms with E-state index >= 15 is 0 Å². The molecule has 2 rings (SSSR count). The van der Waals surface area contributed by atoms with Gasteiger partial charge in [-0.25, -0.2) is 4.79 Å². The van der Waals surface area contributed by atoms with Crippen LogP contribution in [-0.4, -0.2) is 33.2 Å². The molecule has 0 aliphatic rings. The summed E-state index contributed by atoms with van der Waals surface area (Å²) in [6.07, 6.45) is 1.01. The number of hydrogen-bond donors (Lipinski definition) is 3. The zero-order valence-electron chi connectivity index (χ0n) is 15.8. The molecule has 7 heteroatoms. The van der Waals surface area contributed by atoms with Gasteiger partial charge in [-0.1, -0.05) is 24.3 Å². The van der Waals surface area contributed by atoms with Crippen LogP contribution in [0.5, 0.6) is 11.5 Å². The highest BCUT2D eigenvalue weighted by Crippen LogP contribution is 2.30. The Labute approximate surface area is 159 Å².